The number of morpholine rings is 1. The Labute approximate surface area is 165 Å². The predicted octanol–water partition coefficient (Wildman–Crippen LogP) is 2.39. The normalized spacial score (nSPS) is 17.3. The summed E-state index contributed by atoms with van der Waals surface area (Å²) in [6.45, 7) is 5.16. The van der Waals surface area contributed by atoms with Crippen molar-refractivity contribution in [1.82, 2.24) is 10.2 Å². The molecule has 2 aliphatic rings. The van der Waals surface area contributed by atoms with E-state index in [1.807, 2.05) is 36.4 Å². The quantitative estimate of drug-likeness (QED) is 0.797. The number of rotatable bonds is 7. The standard InChI is InChI=1S/C22H26N2O4/c25-22(23-8-9-24-10-12-26-13-11-24)15-19(17-4-2-1-3-5-17)18-6-7-20-21(14-18)28-16-27-20/h1-7,14,19H,8-13,15-16H2,(H,23,25)/t19-/m0/s1. The number of carbonyl (C=O) groups excluding carboxylic acids is 1. The van der Waals surface area contributed by atoms with Crippen molar-refractivity contribution >= 4 is 5.91 Å². The Balaban J connectivity index is 1.41. The molecule has 0 bridgehead atoms. The molecule has 1 N–H and O–H groups in total. The third-order valence-corrected chi connectivity index (χ3v) is 5.24. The smallest absolute Gasteiger partial charge is 0.231 e. The molecule has 0 spiro atoms. The largest absolute Gasteiger partial charge is 0.454 e. The van der Waals surface area contributed by atoms with Crippen LogP contribution in [0.4, 0.5) is 0 Å². The van der Waals surface area contributed by atoms with E-state index in [0.29, 0.717) is 13.0 Å². The van der Waals surface area contributed by atoms with Crippen LogP contribution in [0.25, 0.3) is 0 Å². The summed E-state index contributed by atoms with van der Waals surface area (Å²) in [4.78, 5) is 15.0. The first-order valence-corrected chi connectivity index (χ1v) is 9.81. The highest BCUT2D eigenvalue weighted by atomic mass is 16.7. The highest BCUT2D eigenvalue weighted by Crippen LogP contribution is 2.37. The molecule has 2 aromatic carbocycles. The molecule has 1 saturated heterocycles. The Hall–Kier alpha value is -2.57. The maximum atomic E-state index is 12.7. The summed E-state index contributed by atoms with van der Waals surface area (Å²) in [5.41, 5.74) is 2.17. The van der Waals surface area contributed by atoms with Crippen LogP contribution in [-0.2, 0) is 9.53 Å². The fourth-order valence-electron chi connectivity index (χ4n) is 3.68. The van der Waals surface area contributed by atoms with Crippen molar-refractivity contribution in [2.45, 2.75) is 12.3 Å². The molecule has 6 heteroatoms. The summed E-state index contributed by atoms with van der Waals surface area (Å²) in [6.07, 6.45) is 0.396. The van der Waals surface area contributed by atoms with Crippen LogP contribution in [0.5, 0.6) is 11.5 Å². The SMILES string of the molecule is O=C(C[C@@H](c1ccccc1)c1ccc2c(c1)OCO2)NCCN1CCOCC1. The van der Waals surface area contributed by atoms with Crippen LogP contribution in [0.15, 0.2) is 48.5 Å². The zero-order valence-electron chi connectivity index (χ0n) is 15.9. The van der Waals surface area contributed by atoms with E-state index in [0.717, 1.165) is 55.5 Å². The Kier molecular flexibility index (Phi) is 6.09. The van der Waals surface area contributed by atoms with E-state index in [1.165, 1.54) is 0 Å². The zero-order chi connectivity index (χ0) is 19.2. The summed E-state index contributed by atoms with van der Waals surface area (Å²) >= 11 is 0. The lowest BCUT2D eigenvalue weighted by molar-refractivity contribution is -0.121. The van der Waals surface area contributed by atoms with Gasteiger partial charge in [-0.15, -0.1) is 0 Å². The monoisotopic (exact) mass is 382 g/mol. The average Bonchev–Trinajstić information content (AvgIpc) is 3.21. The summed E-state index contributed by atoms with van der Waals surface area (Å²) < 4.78 is 16.3. The number of benzene rings is 2. The van der Waals surface area contributed by atoms with E-state index >= 15 is 0 Å². The van der Waals surface area contributed by atoms with E-state index < -0.39 is 0 Å². The second kappa shape index (κ2) is 9.08. The lowest BCUT2D eigenvalue weighted by Gasteiger charge is -2.26. The van der Waals surface area contributed by atoms with Gasteiger partial charge in [0.2, 0.25) is 12.7 Å². The van der Waals surface area contributed by atoms with Crippen LogP contribution in [0, 0.1) is 0 Å². The van der Waals surface area contributed by atoms with Crippen molar-refractivity contribution < 1.29 is 19.0 Å². The number of nitrogens with one attached hydrogen (secondary N) is 1. The maximum Gasteiger partial charge on any atom is 0.231 e. The second-order valence-electron chi connectivity index (χ2n) is 7.08. The summed E-state index contributed by atoms with van der Waals surface area (Å²) in [5, 5.41) is 3.07. The molecule has 1 atom stereocenters. The topological polar surface area (TPSA) is 60.0 Å². The first kappa shape index (κ1) is 18.8. The van der Waals surface area contributed by atoms with E-state index in [2.05, 4.69) is 22.3 Å². The Bertz CT molecular complexity index is 790. The minimum absolute atomic E-state index is 0.0286. The van der Waals surface area contributed by atoms with E-state index in [-0.39, 0.29) is 18.6 Å². The van der Waals surface area contributed by atoms with Gasteiger partial charge < -0.3 is 19.5 Å². The molecule has 0 radical (unpaired) electrons. The van der Waals surface area contributed by atoms with Crippen LogP contribution in [0.3, 0.4) is 0 Å². The predicted molar refractivity (Wildman–Crippen MR) is 106 cm³/mol. The molecule has 28 heavy (non-hydrogen) atoms. The fourth-order valence-corrected chi connectivity index (χ4v) is 3.68. The van der Waals surface area contributed by atoms with Crippen LogP contribution in [0.1, 0.15) is 23.5 Å². The van der Waals surface area contributed by atoms with Gasteiger partial charge in [-0.3, -0.25) is 9.69 Å². The van der Waals surface area contributed by atoms with Crippen LogP contribution < -0.4 is 14.8 Å². The van der Waals surface area contributed by atoms with Gasteiger partial charge in [-0.25, -0.2) is 0 Å². The Morgan fingerprint density at radius 3 is 2.61 bits per heavy atom. The van der Waals surface area contributed by atoms with Gasteiger partial charge in [-0.2, -0.15) is 0 Å². The van der Waals surface area contributed by atoms with Gasteiger partial charge in [0.15, 0.2) is 11.5 Å². The number of hydrogen-bond acceptors (Lipinski definition) is 5. The van der Waals surface area contributed by atoms with Gasteiger partial charge in [0.25, 0.3) is 0 Å². The number of ether oxygens (including phenoxy) is 3. The Morgan fingerprint density at radius 1 is 1.00 bits per heavy atom. The summed E-state index contributed by atoms with van der Waals surface area (Å²) in [5.74, 6) is 1.52. The van der Waals surface area contributed by atoms with Crippen molar-refractivity contribution in [1.29, 1.82) is 0 Å². The lowest BCUT2D eigenvalue weighted by Crippen LogP contribution is -2.41. The second-order valence-corrected chi connectivity index (χ2v) is 7.08. The molecule has 0 aromatic heterocycles. The van der Waals surface area contributed by atoms with Gasteiger partial charge in [0.05, 0.1) is 13.2 Å². The average molecular weight is 382 g/mol. The number of nitrogens with zero attached hydrogens (tertiary/aromatic N) is 1. The highest BCUT2D eigenvalue weighted by Gasteiger charge is 2.22. The van der Waals surface area contributed by atoms with Gasteiger partial charge in [0, 0.05) is 38.5 Å². The number of amides is 1. The highest BCUT2D eigenvalue weighted by molar-refractivity contribution is 5.77. The molecule has 0 saturated carbocycles. The van der Waals surface area contributed by atoms with Crippen molar-refractivity contribution in [2.24, 2.45) is 0 Å². The Morgan fingerprint density at radius 2 is 1.79 bits per heavy atom. The lowest BCUT2D eigenvalue weighted by atomic mass is 9.88. The number of carbonyl (C=O) groups is 1. The van der Waals surface area contributed by atoms with Gasteiger partial charge in [-0.05, 0) is 23.3 Å². The van der Waals surface area contributed by atoms with Crippen molar-refractivity contribution in [3.63, 3.8) is 0 Å². The van der Waals surface area contributed by atoms with Crippen molar-refractivity contribution in [3.8, 4) is 11.5 Å². The molecule has 4 rings (SSSR count). The minimum Gasteiger partial charge on any atom is -0.454 e. The van der Waals surface area contributed by atoms with E-state index in [9.17, 15) is 4.79 Å². The first-order valence-electron chi connectivity index (χ1n) is 9.81. The van der Waals surface area contributed by atoms with Crippen molar-refractivity contribution in [3.05, 3.63) is 59.7 Å². The maximum absolute atomic E-state index is 12.7. The minimum atomic E-state index is -0.0286. The van der Waals surface area contributed by atoms with Gasteiger partial charge >= 0.3 is 0 Å². The van der Waals surface area contributed by atoms with Crippen LogP contribution >= 0.6 is 0 Å². The summed E-state index contributed by atoms with van der Waals surface area (Å²) in [7, 11) is 0. The molecule has 6 nitrogen and oxygen atoms in total. The summed E-state index contributed by atoms with van der Waals surface area (Å²) in [6, 6.07) is 16.1. The fraction of sp³-hybridized carbons (Fsp3) is 0.409. The molecule has 2 aromatic rings. The van der Waals surface area contributed by atoms with Crippen LogP contribution in [0.2, 0.25) is 0 Å². The number of hydrogen-bond donors (Lipinski definition) is 1. The third-order valence-electron chi connectivity index (χ3n) is 5.24. The zero-order valence-corrected chi connectivity index (χ0v) is 15.9. The molecule has 1 fully saturated rings. The van der Waals surface area contributed by atoms with Crippen LogP contribution in [-0.4, -0.2) is 57.0 Å². The number of fused-ring (bicyclic) bond motifs is 1. The van der Waals surface area contributed by atoms with E-state index in [1.54, 1.807) is 0 Å². The van der Waals surface area contributed by atoms with Crippen molar-refractivity contribution in [2.75, 3.05) is 46.2 Å². The first-order chi connectivity index (χ1) is 13.8. The molecule has 1 amide bonds. The molecular weight excluding hydrogens is 356 g/mol. The molecule has 0 unspecified atom stereocenters. The van der Waals surface area contributed by atoms with Gasteiger partial charge in [-0.1, -0.05) is 36.4 Å². The molecule has 2 aliphatic heterocycles. The molecule has 2 heterocycles. The van der Waals surface area contributed by atoms with E-state index in [4.69, 9.17) is 14.2 Å². The molecule has 148 valence electrons. The third kappa shape index (κ3) is 4.64. The molecular formula is C22H26N2O4. The van der Waals surface area contributed by atoms with Gasteiger partial charge in [0.1, 0.15) is 0 Å². The molecule has 0 aliphatic carbocycles.